The van der Waals surface area contributed by atoms with Crippen LogP contribution in [-0.2, 0) is 4.74 Å². The molecule has 0 spiro atoms. The molecule has 1 aliphatic rings. The summed E-state index contributed by atoms with van der Waals surface area (Å²) < 4.78 is 8.40. The Morgan fingerprint density at radius 3 is 3.17 bits per heavy atom. The summed E-state index contributed by atoms with van der Waals surface area (Å²) in [6.45, 7) is 1.69. The fourth-order valence-electron chi connectivity index (χ4n) is 1.48. The Bertz CT molecular complexity index is 255. The molecule has 0 aromatic carbocycles. The lowest BCUT2D eigenvalue weighted by molar-refractivity contribution is 0.0541. The van der Waals surface area contributed by atoms with Crippen LogP contribution in [0.1, 0.15) is 18.9 Å². The number of aromatic nitrogens is 2. The van der Waals surface area contributed by atoms with Crippen molar-refractivity contribution in [1.29, 1.82) is 0 Å². The summed E-state index contributed by atoms with van der Waals surface area (Å²) in [7, 11) is 0. The number of hydrogen-bond acceptors (Lipinski definition) is 2. The van der Waals surface area contributed by atoms with E-state index in [1.807, 2.05) is 10.7 Å². The van der Waals surface area contributed by atoms with Gasteiger partial charge in [0.25, 0.3) is 0 Å². The molecule has 0 amide bonds. The summed E-state index contributed by atoms with van der Waals surface area (Å²) in [4.78, 5) is 0. The summed E-state index contributed by atoms with van der Waals surface area (Å²) in [5.41, 5.74) is 0. The van der Waals surface area contributed by atoms with Crippen LogP contribution in [0.15, 0.2) is 16.9 Å². The number of ether oxygens (including phenoxy) is 1. The molecule has 1 aromatic heterocycles. The van der Waals surface area contributed by atoms with Crippen molar-refractivity contribution in [1.82, 2.24) is 9.78 Å². The summed E-state index contributed by atoms with van der Waals surface area (Å²) in [5, 5.41) is 4.23. The van der Waals surface area contributed by atoms with Crippen molar-refractivity contribution in [3.63, 3.8) is 0 Å². The van der Waals surface area contributed by atoms with Crippen LogP contribution >= 0.6 is 15.9 Å². The zero-order chi connectivity index (χ0) is 8.39. The molecular weight excluding hydrogens is 220 g/mol. The van der Waals surface area contributed by atoms with Crippen molar-refractivity contribution in [2.75, 3.05) is 13.2 Å². The van der Waals surface area contributed by atoms with Gasteiger partial charge in [0.15, 0.2) is 0 Å². The van der Waals surface area contributed by atoms with E-state index >= 15 is 0 Å². The molecule has 1 saturated heterocycles. The van der Waals surface area contributed by atoms with Crippen LogP contribution in [0, 0.1) is 0 Å². The van der Waals surface area contributed by atoms with Crippen LogP contribution in [0.4, 0.5) is 0 Å². The fraction of sp³-hybridized carbons (Fsp3) is 0.625. The highest BCUT2D eigenvalue weighted by Gasteiger charge is 2.17. The normalized spacial score (nSPS) is 24.2. The Hall–Kier alpha value is -0.350. The maximum atomic E-state index is 5.38. The van der Waals surface area contributed by atoms with Gasteiger partial charge in [0.05, 0.1) is 18.8 Å². The molecule has 2 rings (SSSR count). The lowest BCUT2D eigenvalue weighted by Gasteiger charge is -2.22. The van der Waals surface area contributed by atoms with Gasteiger partial charge in [-0.05, 0) is 34.8 Å². The van der Waals surface area contributed by atoms with E-state index in [4.69, 9.17) is 4.74 Å². The van der Waals surface area contributed by atoms with Crippen LogP contribution in [0.2, 0.25) is 0 Å². The van der Waals surface area contributed by atoms with Crippen LogP contribution in [0.5, 0.6) is 0 Å². The molecule has 0 saturated carbocycles. The standard InChI is InChI=1S/C8H11BrN2O/c9-8-3-4-10-11(8)7-2-1-5-12-6-7/h3-4,7H,1-2,5-6H2. The maximum Gasteiger partial charge on any atom is 0.104 e. The van der Waals surface area contributed by atoms with Gasteiger partial charge in [-0.15, -0.1) is 0 Å². The largest absolute Gasteiger partial charge is 0.379 e. The molecule has 12 heavy (non-hydrogen) atoms. The van der Waals surface area contributed by atoms with Gasteiger partial charge >= 0.3 is 0 Å². The van der Waals surface area contributed by atoms with Crippen LogP contribution in [-0.4, -0.2) is 23.0 Å². The fourth-order valence-corrected chi connectivity index (χ4v) is 1.98. The first-order valence-electron chi connectivity index (χ1n) is 4.14. The molecule has 1 fully saturated rings. The van der Waals surface area contributed by atoms with Gasteiger partial charge in [-0.25, -0.2) is 0 Å². The zero-order valence-electron chi connectivity index (χ0n) is 6.74. The second-order valence-corrected chi connectivity index (χ2v) is 3.78. The topological polar surface area (TPSA) is 27.1 Å². The van der Waals surface area contributed by atoms with Crippen molar-refractivity contribution < 1.29 is 4.74 Å². The van der Waals surface area contributed by atoms with Gasteiger partial charge in [-0.2, -0.15) is 5.10 Å². The molecule has 0 N–H and O–H groups in total. The highest BCUT2D eigenvalue weighted by molar-refractivity contribution is 9.10. The van der Waals surface area contributed by atoms with E-state index in [-0.39, 0.29) is 0 Å². The summed E-state index contributed by atoms with van der Waals surface area (Å²) >= 11 is 3.45. The van der Waals surface area contributed by atoms with Gasteiger partial charge in [0.1, 0.15) is 4.60 Å². The van der Waals surface area contributed by atoms with E-state index < -0.39 is 0 Å². The number of rotatable bonds is 1. The van der Waals surface area contributed by atoms with Gasteiger partial charge < -0.3 is 4.74 Å². The molecule has 1 aliphatic heterocycles. The third-order valence-electron chi connectivity index (χ3n) is 2.10. The second kappa shape index (κ2) is 3.58. The average Bonchev–Trinajstić information content (AvgIpc) is 2.53. The first-order chi connectivity index (χ1) is 5.88. The average molecular weight is 231 g/mol. The van der Waals surface area contributed by atoms with E-state index in [0.717, 1.165) is 24.2 Å². The Labute approximate surface area is 79.8 Å². The molecule has 0 aliphatic carbocycles. The molecule has 66 valence electrons. The predicted octanol–water partition coefficient (Wildman–Crippen LogP) is 2.00. The Morgan fingerprint density at radius 1 is 1.67 bits per heavy atom. The first-order valence-corrected chi connectivity index (χ1v) is 4.94. The Balaban J connectivity index is 2.13. The molecule has 4 heteroatoms. The minimum atomic E-state index is 0.420. The van der Waals surface area contributed by atoms with Crippen molar-refractivity contribution in [2.45, 2.75) is 18.9 Å². The third kappa shape index (κ3) is 1.54. The molecule has 3 nitrogen and oxygen atoms in total. The van der Waals surface area contributed by atoms with Crippen LogP contribution in [0.3, 0.4) is 0 Å². The highest BCUT2D eigenvalue weighted by atomic mass is 79.9. The lowest BCUT2D eigenvalue weighted by Crippen LogP contribution is -2.22. The number of halogens is 1. The van der Waals surface area contributed by atoms with E-state index in [9.17, 15) is 0 Å². The van der Waals surface area contributed by atoms with Gasteiger partial charge in [0.2, 0.25) is 0 Å². The number of hydrogen-bond donors (Lipinski definition) is 0. The quantitative estimate of drug-likeness (QED) is 0.739. The van der Waals surface area contributed by atoms with Gasteiger partial charge in [-0.3, -0.25) is 4.68 Å². The van der Waals surface area contributed by atoms with Crippen LogP contribution < -0.4 is 0 Å². The van der Waals surface area contributed by atoms with Crippen molar-refractivity contribution in [3.05, 3.63) is 16.9 Å². The van der Waals surface area contributed by atoms with E-state index in [1.165, 1.54) is 6.42 Å². The Kier molecular flexibility index (Phi) is 2.46. The number of nitrogens with zero attached hydrogens (tertiary/aromatic N) is 2. The van der Waals surface area contributed by atoms with Crippen molar-refractivity contribution in [2.24, 2.45) is 0 Å². The van der Waals surface area contributed by atoms with Gasteiger partial charge in [-0.1, -0.05) is 0 Å². The van der Waals surface area contributed by atoms with E-state index in [0.29, 0.717) is 6.04 Å². The summed E-state index contributed by atoms with van der Waals surface area (Å²) in [5.74, 6) is 0. The smallest absolute Gasteiger partial charge is 0.104 e. The SMILES string of the molecule is Brc1ccnn1C1CCCOC1. The monoisotopic (exact) mass is 230 g/mol. The molecule has 0 radical (unpaired) electrons. The minimum absolute atomic E-state index is 0.420. The Morgan fingerprint density at radius 2 is 2.58 bits per heavy atom. The summed E-state index contributed by atoms with van der Waals surface area (Å²) in [6.07, 6.45) is 4.11. The molecule has 0 bridgehead atoms. The lowest BCUT2D eigenvalue weighted by atomic mass is 10.1. The predicted molar refractivity (Wildman–Crippen MR) is 49.0 cm³/mol. The molecule has 1 aromatic rings. The first kappa shape index (κ1) is 8.26. The highest BCUT2D eigenvalue weighted by Crippen LogP contribution is 2.22. The van der Waals surface area contributed by atoms with Crippen molar-refractivity contribution >= 4 is 15.9 Å². The molecule has 1 atom stereocenters. The molecular formula is C8H11BrN2O. The molecule has 2 heterocycles. The van der Waals surface area contributed by atoms with Crippen LogP contribution in [0.25, 0.3) is 0 Å². The second-order valence-electron chi connectivity index (χ2n) is 2.97. The minimum Gasteiger partial charge on any atom is -0.379 e. The summed E-state index contributed by atoms with van der Waals surface area (Å²) in [6, 6.07) is 2.37. The van der Waals surface area contributed by atoms with Gasteiger partial charge in [0, 0.05) is 6.61 Å². The van der Waals surface area contributed by atoms with E-state index in [2.05, 4.69) is 21.0 Å². The molecule has 1 unspecified atom stereocenters. The van der Waals surface area contributed by atoms with E-state index in [1.54, 1.807) is 6.20 Å². The third-order valence-corrected chi connectivity index (χ3v) is 2.73. The maximum absolute atomic E-state index is 5.38. The zero-order valence-corrected chi connectivity index (χ0v) is 8.33. The van der Waals surface area contributed by atoms with Crippen molar-refractivity contribution in [3.8, 4) is 0 Å².